The molecule has 0 unspecified atom stereocenters. The highest BCUT2D eigenvalue weighted by Gasteiger charge is 2.47. The number of anilines is 1. The number of carbonyl (C=O) groups is 1. The van der Waals surface area contributed by atoms with Crippen molar-refractivity contribution in [3.8, 4) is 11.1 Å². The summed E-state index contributed by atoms with van der Waals surface area (Å²) in [5, 5.41) is 12.0. The average Bonchev–Trinajstić information content (AvgIpc) is 3.54. The van der Waals surface area contributed by atoms with Gasteiger partial charge in [-0.1, -0.05) is 32.4 Å². The van der Waals surface area contributed by atoms with Crippen LogP contribution in [0.15, 0.2) is 30.5 Å². The molecule has 0 spiro atoms. The van der Waals surface area contributed by atoms with Gasteiger partial charge in [0.05, 0.1) is 28.5 Å². The minimum absolute atomic E-state index is 0.0159. The smallest absolute Gasteiger partial charge is 0.410 e. The standard InChI is InChI=1S/C35H50ClN3O4SSi/c1-33(2,3)43-32(40)39-20-24(18-29(39)35(7,8)41)38-15-11-12-22-16-23(36)17-27(30(22)38)26-13-14-37-28-19-25(44-31(26)28)21-42-45(9,10)34(4,5)6/h13-14,16-17,19,24,29,41H,11-12,15,18,20-21H2,1-10H3/t24-,29+/m0/s1. The molecule has 1 aromatic carbocycles. The molecule has 2 atom stereocenters. The molecule has 1 fully saturated rings. The second-order valence-corrected chi connectivity index (χ2v) is 22.2. The first kappa shape index (κ1) is 34.2. The summed E-state index contributed by atoms with van der Waals surface area (Å²) in [6, 6.07) is 8.07. The van der Waals surface area contributed by atoms with E-state index in [0.717, 1.165) is 46.4 Å². The summed E-state index contributed by atoms with van der Waals surface area (Å²) in [4.78, 5) is 23.5. The van der Waals surface area contributed by atoms with Crippen LogP contribution in [0.25, 0.3) is 21.3 Å². The largest absolute Gasteiger partial charge is 0.444 e. The van der Waals surface area contributed by atoms with Crippen molar-refractivity contribution in [2.75, 3.05) is 18.0 Å². The van der Waals surface area contributed by atoms with Crippen molar-refractivity contribution in [1.82, 2.24) is 9.88 Å². The fourth-order valence-electron chi connectivity index (χ4n) is 6.28. The lowest BCUT2D eigenvalue weighted by Crippen LogP contribution is -2.49. The molecule has 4 heterocycles. The Morgan fingerprint density at radius 3 is 2.47 bits per heavy atom. The van der Waals surface area contributed by atoms with Crippen molar-refractivity contribution in [3.05, 3.63) is 45.9 Å². The molecule has 7 nitrogen and oxygen atoms in total. The van der Waals surface area contributed by atoms with Gasteiger partial charge in [-0.3, -0.25) is 4.98 Å². The van der Waals surface area contributed by atoms with Crippen LogP contribution < -0.4 is 4.90 Å². The summed E-state index contributed by atoms with van der Waals surface area (Å²) < 4.78 is 13.5. The molecule has 5 rings (SSSR count). The predicted molar refractivity (Wildman–Crippen MR) is 189 cm³/mol. The lowest BCUT2D eigenvalue weighted by Gasteiger charge is -2.38. The number of nitrogens with zero attached hydrogens (tertiary/aromatic N) is 3. The van der Waals surface area contributed by atoms with Crippen LogP contribution in [0.3, 0.4) is 0 Å². The Morgan fingerprint density at radius 1 is 1.11 bits per heavy atom. The van der Waals surface area contributed by atoms with Gasteiger partial charge in [-0.15, -0.1) is 11.3 Å². The van der Waals surface area contributed by atoms with E-state index in [1.54, 1.807) is 30.1 Å². The molecule has 1 amide bonds. The summed E-state index contributed by atoms with van der Waals surface area (Å²) in [6.45, 7) is 22.5. The number of halogens is 1. The molecule has 0 saturated carbocycles. The highest BCUT2D eigenvalue weighted by Crippen LogP contribution is 2.46. The molecule has 0 aliphatic carbocycles. The molecule has 2 aliphatic rings. The molecular weight excluding hydrogens is 622 g/mol. The fourth-order valence-corrected chi connectivity index (χ4v) is 8.63. The minimum Gasteiger partial charge on any atom is -0.444 e. The van der Waals surface area contributed by atoms with E-state index in [-0.39, 0.29) is 23.2 Å². The fraction of sp³-hybridized carbons (Fsp3) is 0.600. The van der Waals surface area contributed by atoms with Gasteiger partial charge in [0, 0.05) is 52.0 Å². The molecule has 45 heavy (non-hydrogen) atoms. The van der Waals surface area contributed by atoms with Crippen LogP contribution in [0.5, 0.6) is 0 Å². The zero-order chi connectivity index (χ0) is 33.1. The molecule has 1 N–H and O–H groups in total. The molecule has 0 bridgehead atoms. The molecular formula is C35H50ClN3O4SSi. The summed E-state index contributed by atoms with van der Waals surface area (Å²) in [6.07, 6.45) is 4.06. The number of fused-ring (bicyclic) bond motifs is 2. The van der Waals surface area contributed by atoms with Crippen LogP contribution in [-0.4, -0.2) is 65.8 Å². The monoisotopic (exact) mass is 671 g/mol. The zero-order valence-corrected chi connectivity index (χ0v) is 31.2. The first-order valence-corrected chi connectivity index (χ1v) is 20.2. The van der Waals surface area contributed by atoms with Gasteiger partial charge in [-0.25, -0.2) is 4.79 Å². The summed E-state index contributed by atoms with van der Waals surface area (Å²) in [5.74, 6) is 0. The Hall–Kier alpha value is -2.17. The molecule has 2 aliphatic heterocycles. The highest BCUT2D eigenvalue weighted by atomic mass is 35.5. The van der Waals surface area contributed by atoms with Crippen LogP contribution in [0.1, 0.15) is 78.7 Å². The number of carbonyl (C=O) groups excluding carboxylic acids is 1. The van der Waals surface area contributed by atoms with E-state index < -0.39 is 19.5 Å². The Bertz CT molecular complexity index is 1570. The Balaban J connectivity index is 1.53. The van der Waals surface area contributed by atoms with Crippen molar-refractivity contribution < 1.29 is 19.1 Å². The van der Waals surface area contributed by atoms with Gasteiger partial charge >= 0.3 is 6.09 Å². The van der Waals surface area contributed by atoms with Crippen molar-refractivity contribution in [1.29, 1.82) is 0 Å². The maximum atomic E-state index is 13.4. The lowest BCUT2D eigenvalue weighted by atomic mass is 9.91. The Kier molecular flexibility index (Phi) is 9.21. The van der Waals surface area contributed by atoms with Crippen LogP contribution >= 0.6 is 22.9 Å². The predicted octanol–water partition coefficient (Wildman–Crippen LogP) is 9.04. The van der Waals surface area contributed by atoms with Crippen LogP contribution in [0.4, 0.5) is 10.5 Å². The van der Waals surface area contributed by atoms with Crippen LogP contribution in [-0.2, 0) is 22.2 Å². The number of thiophene rings is 1. The molecule has 1 saturated heterocycles. The van der Waals surface area contributed by atoms with Crippen molar-refractivity contribution in [2.24, 2.45) is 0 Å². The summed E-state index contributed by atoms with van der Waals surface area (Å²) in [5.41, 5.74) is 3.82. The van der Waals surface area contributed by atoms with Crippen molar-refractivity contribution in [3.63, 3.8) is 0 Å². The third-order valence-electron chi connectivity index (χ3n) is 9.58. The number of hydrogen-bond donors (Lipinski definition) is 1. The molecule has 10 heteroatoms. The van der Waals surface area contributed by atoms with Gasteiger partial charge in [0.2, 0.25) is 0 Å². The number of pyridine rings is 1. The first-order valence-electron chi connectivity index (χ1n) is 16.1. The molecule has 246 valence electrons. The minimum atomic E-state index is -1.90. The molecule has 2 aromatic heterocycles. The Labute approximate surface area is 279 Å². The van der Waals surface area contributed by atoms with E-state index in [0.29, 0.717) is 24.6 Å². The van der Waals surface area contributed by atoms with Gasteiger partial charge in [0.15, 0.2) is 8.32 Å². The second-order valence-electron chi connectivity index (χ2n) is 15.8. The van der Waals surface area contributed by atoms with Gasteiger partial charge in [-0.2, -0.15) is 0 Å². The number of likely N-dealkylation sites (tertiary alicyclic amines) is 1. The van der Waals surface area contributed by atoms with E-state index in [1.165, 1.54) is 10.4 Å². The second kappa shape index (κ2) is 12.1. The van der Waals surface area contributed by atoms with Gasteiger partial charge in [0.25, 0.3) is 0 Å². The van der Waals surface area contributed by atoms with E-state index in [9.17, 15) is 9.90 Å². The van der Waals surface area contributed by atoms with E-state index in [4.69, 9.17) is 25.7 Å². The maximum Gasteiger partial charge on any atom is 0.410 e. The summed E-state index contributed by atoms with van der Waals surface area (Å²) >= 11 is 8.54. The van der Waals surface area contributed by atoms with E-state index >= 15 is 0 Å². The normalized spacial score (nSPS) is 19.7. The van der Waals surface area contributed by atoms with Crippen molar-refractivity contribution in [2.45, 2.75) is 123 Å². The van der Waals surface area contributed by atoms with Crippen LogP contribution in [0.2, 0.25) is 23.2 Å². The number of ether oxygens (including phenoxy) is 1. The number of rotatable bonds is 6. The topological polar surface area (TPSA) is 75.1 Å². The first-order chi connectivity index (χ1) is 20.7. The van der Waals surface area contributed by atoms with Crippen LogP contribution in [0, 0.1) is 0 Å². The number of benzene rings is 1. The number of amides is 1. The SMILES string of the molecule is CC(C)(C)OC(=O)N1C[C@@H](N2CCCc3cc(Cl)cc(-c4ccnc5cc(CO[Si](C)(C)C(C)(C)C)sc45)c32)C[C@@H]1C(C)(C)O. The zero-order valence-electron chi connectivity index (χ0n) is 28.6. The lowest BCUT2D eigenvalue weighted by molar-refractivity contribution is -0.0240. The quantitative estimate of drug-likeness (QED) is 0.264. The third-order valence-corrected chi connectivity index (χ3v) is 15.4. The Morgan fingerprint density at radius 2 is 1.82 bits per heavy atom. The van der Waals surface area contributed by atoms with Gasteiger partial charge < -0.3 is 24.1 Å². The number of hydrogen-bond acceptors (Lipinski definition) is 7. The summed E-state index contributed by atoms with van der Waals surface area (Å²) in [7, 11) is -1.90. The maximum absolute atomic E-state index is 13.4. The number of aryl methyl sites for hydroxylation is 1. The molecule has 3 aromatic rings. The highest BCUT2D eigenvalue weighted by molar-refractivity contribution is 7.19. The average molecular weight is 672 g/mol. The van der Waals surface area contributed by atoms with Gasteiger partial charge in [-0.05, 0) is 102 Å². The number of aromatic nitrogens is 1. The number of aliphatic hydroxyl groups is 1. The van der Waals surface area contributed by atoms with Crippen molar-refractivity contribution >= 4 is 53.3 Å². The van der Waals surface area contributed by atoms with E-state index in [1.807, 2.05) is 27.0 Å². The third kappa shape index (κ3) is 7.22. The van der Waals surface area contributed by atoms with Gasteiger partial charge in [0.1, 0.15) is 5.60 Å². The molecule has 0 radical (unpaired) electrons. The van der Waals surface area contributed by atoms with E-state index in [2.05, 4.69) is 63.0 Å².